The maximum atomic E-state index is 13.2. The van der Waals surface area contributed by atoms with Gasteiger partial charge < -0.3 is 23.4 Å². The van der Waals surface area contributed by atoms with E-state index in [9.17, 15) is 9.90 Å². The molecular formula is C26H48N6O2P+. The van der Waals surface area contributed by atoms with Gasteiger partial charge in [0.25, 0.3) is 0 Å². The molecule has 0 aliphatic heterocycles. The second-order valence-electron chi connectivity index (χ2n) is 11.0. The molecule has 0 fully saturated rings. The van der Waals surface area contributed by atoms with Crippen LogP contribution in [0, 0.1) is 27.7 Å². The van der Waals surface area contributed by atoms with Gasteiger partial charge in [0, 0.05) is 46.9 Å². The van der Waals surface area contributed by atoms with Gasteiger partial charge in [-0.05, 0) is 96.9 Å². The number of carboxylic acid groups (broad SMARTS) is 1. The van der Waals surface area contributed by atoms with Crippen molar-refractivity contribution in [2.75, 3.05) is 0 Å². The predicted octanol–water partition coefficient (Wildman–Crippen LogP) is 6.89. The normalized spacial score (nSPS) is 12.7. The van der Waals surface area contributed by atoms with Crippen LogP contribution in [0.5, 0.6) is 0 Å². The molecule has 0 aliphatic carbocycles. The topological polar surface area (TPSA) is 81.7 Å². The van der Waals surface area contributed by atoms with Crippen LogP contribution in [0.25, 0.3) is 0 Å². The summed E-state index contributed by atoms with van der Waals surface area (Å²) in [7, 11) is -3.28. The van der Waals surface area contributed by atoms with Crippen molar-refractivity contribution in [1.82, 2.24) is 18.3 Å². The summed E-state index contributed by atoms with van der Waals surface area (Å²) in [5.74, 6) is 0. The first kappa shape index (κ1) is 29.2. The molecule has 35 heavy (non-hydrogen) atoms. The van der Waals surface area contributed by atoms with Gasteiger partial charge in [-0.25, -0.2) is 4.79 Å². The Morgan fingerprint density at radius 3 is 0.971 bits per heavy atom. The quantitative estimate of drug-likeness (QED) is 0.395. The SMILES string of the molecule is Cc1c(C)n(C(C)C)c(=N[P+](N=c2n(C(C)C)c(C)c(C)n2C(C)C)(C(=O)O)C(C)C)n1C(C)C. The number of hydrogen-bond donors (Lipinski definition) is 1. The van der Waals surface area contributed by atoms with E-state index in [1.54, 1.807) is 0 Å². The van der Waals surface area contributed by atoms with Crippen LogP contribution in [0.3, 0.4) is 0 Å². The van der Waals surface area contributed by atoms with Crippen molar-refractivity contribution >= 4 is 13.3 Å². The lowest BCUT2D eigenvalue weighted by atomic mass is 10.3. The highest BCUT2D eigenvalue weighted by atomic mass is 31.2. The molecule has 0 radical (unpaired) electrons. The van der Waals surface area contributed by atoms with Gasteiger partial charge in [-0.15, -0.1) is 0 Å². The van der Waals surface area contributed by atoms with E-state index in [1.807, 2.05) is 13.8 Å². The fourth-order valence-corrected chi connectivity index (χ4v) is 7.08. The highest BCUT2D eigenvalue weighted by Gasteiger charge is 2.54. The van der Waals surface area contributed by atoms with Gasteiger partial charge in [-0.1, -0.05) is 9.53 Å². The smallest absolute Gasteiger partial charge is 0.448 e. The van der Waals surface area contributed by atoms with Crippen molar-refractivity contribution in [2.24, 2.45) is 9.53 Å². The van der Waals surface area contributed by atoms with Crippen LogP contribution in [-0.4, -0.2) is 34.7 Å². The predicted molar refractivity (Wildman–Crippen MR) is 147 cm³/mol. The monoisotopic (exact) mass is 507 g/mol. The molecule has 0 unspecified atom stereocenters. The summed E-state index contributed by atoms with van der Waals surface area (Å²) in [5.41, 5.74) is 4.62. The fourth-order valence-electron chi connectivity index (χ4n) is 5.03. The standard InChI is InChI=1S/C26H47N6O2P/c1-15(2)29-20(11)21(12)30(16(3)4)24(29)27-35(19(9)10,26(33)34)28-25-31(17(5)6)22(13)23(14)32(25)18(7)8/h15-19H,1-14H3/p+1. The molecule has 0 saturated heterocycles. The van der Waals surface area contributed by atoms with Crippen LogP contribution in [0.2, 0.25) is 0 Å². The molecule has 0 spiro atoms. The Labute approximate surface area is 211 Å². The van der Waals surface area contributed by atoms with Crippen molar-refractivity contribution in [3.05, 3.63) is 34.0 Å². The van der Waals surface area contributed by atoms with Crippen LogP contribution >= 0.6 is 7.56 Å². The number of rotatable bonds is 8. The molecule has 0 atom stereocenters. The Balaban J connectivity index is 3.25. The maximum absolute atomic E-state index is 13.2. The first-order valence-electron chi connectivity index (χ1n) is 12.9. The van der Waals surface area contributed by atoms with E-state index >= 15 is 0 Å². The lowest BCUT2D eigenvalue weighted by Gasteiger charge is -2.18. The van der Waals surface area contributed by atoms with E-state index in [4.69, 9.17) is 9.53 Å². The highest BCUT2D eigenvalue weighted by Crippen LogP contribution is 2.65. The molecule has 2 rings (SSSR count). The van der Waals surface area contributed by atoms with Crippen molar-refractivity contribution in [2.45, 2.75) is 127 Å². The number of hydrogen-bond acceptors (Lipinski definition) is 3. The van der Waals surface area contributed by atoms with Gasteiger partial charge in [-0.3, -0.25) is 0 Å². The van der Waals surface area contributed by atoms with Crippen LogP contribution in [-0.2, 0) is 0 Å². The zero-order valence-electron chi connectivity index (χ0n) is 24.4. The number of nitrogens with zero attached hydrogens (tertiary/aromatic N) is 6. The van der Waals surface area contributed by atoms with Crippen molar-refractivity contribution in [3.8, 4) is 0 Å². The zero-order chi connectivity index (χ0) is 27.2. The minimum atomic E-state index is -3.28. The Kier molecular flexibility index (Phi) is 8.74. The van der Waals surface area contributed by atoms with Gasteiger partial charge in [-0.2, -0.15) is 0 Å². The van der Waals surface area contributed by atoms with E-state index in [0.717, 1.165) is 22.8 Å². The van der Waals surface area contributed by atoms with Gasteiger partial charge in [0.05, 0.1) is 0 Å². The Morgan fingerprint density at radius 2 is 0.829 bits per heavy atom. The fraction of sp³-hybridized carbons (Fsp3) is 0.731. The molecule has 0 bridgehead atoms. The zero-order valence-corrected chi connectivity index (χ0v) is 25.3. The minimum absolute atomic E-state index is 0.139. The second-order valence-corrected chi connectivity index (χ2v) is 14.1. The third kappa shape index (κ3) is 4.96. The average Bonchev–Trinajstić information content (AvgIpc) is 3.10. The summed E-state index contributed by atoms with van der Waals surface area (Å²) in [5, 5.41) is 10.8. The average molecular weight is 508 g/mol. The van der Waals surface area contributed by atoms with E-state index in [2.05, 4.69) is 101 Å². The summed E-state index contributed by atoms with van der Waals surface area (Å²) in [6, 6.07) is 0.555. The van der Waals surface area contributed by atoms with Gasteiger partial charge in [0.2, 0.25) is 11.2 Å². The second kappa shape index (κ2) is 10.5. The molecule has 0 saturated carbocycles. The van der Waals surface area contributed by atoms with Crippen LogP contribution in [0.15, 0.2) is 9.53 Å². The Hall–Kier alpha value is -2.08. The molecule has 198 valence electrons. The molecular weight excluding hydrogens is 459 g/mol. The molecule has 2 aromatic rings. The summed E-state index contributed by atoms with van der Waals surface area (Å²) in [6.45, 7) is 29.2. The van der Waals surface area contributed by atoms with E-state index in [-0.39, 0.29) is 29.8 Å². The lowest BCUT2D eigenvalue weighted by Crippen LogP contribution is -2.33. The highest BCUT2D eigenvalue weighted by molar-refractivity contribution is 7.88. The molecule has 0 aliphatic rings. The third-order valence-electron chi connectivity index (χ3n) is 6.91. The van der Waals surface area contributed by atoms with Crippen LogP contribution in [0.1, 0.15) is 116 Å². The number of carbonyl (C=O) groups is 1. The summed E-state index contributed by atoms with van der Waals surface area (Å²) in [4.78, 5) is 13.2. The largest absolute Gasteiger partial charge is 0.500 e. The van der Waals surface area contributed by atoms with Gasteiger partial charge >= 0.3 is 13.3 Å². The summed E-state index contributed by atoms with van der Waals surface area (Å²) in [6.07, 6.45) is 0. The van der Waals surface area contributed by atoms with Crippen LogP contribution < -0.4 is 11.2 Å². The molecule has 9 heteroatoms. The first-order valence-corrected chi connectivity index (χ1v) is 14.6. The van der Waals surface area contributed by atoms with Crippen molar-refractivity contribution in [1.29, 1.82) is 0 Å². The Morgan fingerprint density at radius 1 is 0.600 bits per heavy atom. The molecule has 0 amide bonds. The molecule has 0 aromatic carbocycles. The summed E-state index contributed by atoms with van der Waals surface area (Å²) < 4.78 is 19.0. The van der Waals surface area contributed by atoms with Crippen molar-refractivity contribution in [3.63, 3.8) is 0 Å². The van der Waals surface area contributed by atoms with Gasteiger partial charge in [0.1, 0.15) is 5.66 Å². The van der Waals surface area contributed by atoms with E-state index in [0.29, 0.717) is 11.2 Å². The molecule has 1 N–H and O–H groups in total. The van der Waals surface area contributed by atoms with Gasteiger partial charge in [0.15, 0.2) is 0 Å². The maximum Gasteiger partial charge on any atom is 0.500 e. The molecule has 8 nitrogen and oxygen atoms in total. The Bertz CT molecular complexity index is 1070. The first-order chi connectivity index (χ1) is 16.0. The molecule has 2 heterocycles. The molecule has 2 aromatic heterocycles. The third-order valence-corrected chi connectivity index (χ3v) is 9.88. The van der Waals surface area contributed by atoms with E-state index in [1.165, 1.54) is 0 Å². The van der Waals surface area contributed by atoms with Crippen LogP contribution in [0.4, 0.5) is 4.79 Å². The number of aromatic nitrogens is 4. The van der Waals surface area contributed by atoms with E-state index < -0.39 is 13.3 Å². The lowest BCUT2D eigenvalue weighted by molar-refractivity contribution is 0.219. The summed E-state index contributed by atoms with van der Waals surface area (Å²) >= 11 is 0. The minimum Gasteiger partial charge on any atom is -0.448 e. The number of imidazole rings is 2. The van der Waals surface area contributed by atoms with Crippen molar-refractivity contribution < 1.29 is 9.90 Å².